The van der Waals surface area contributed by atoms with Crippen LogP contribution < -0.4 is 4.72 Å². The summed E-state index contributed by atoms with van der Waals surface area (Å²) in [5.41, 5.74) is 1.42. The van der Waals surface area contributed by atoms with Crippen molar-refractivity contribution in [1.82, 2.24) is 4.72 Å². The molecule has 7 heteroatoms. The molecule has 2 aromatic rings. The van der Waals surface area contributed by atoms with Gasteiger partial charge in [-0.25, -0.2) is 13.1 Å². The largest absolute Gasteiger partial charge is 0.469 e. The zero-order valence-corrected chi connectivity index (χ0v) is 15.3. The zero-order valence-electron chi connectivity index (χ0n) is 14.5. The lowest BCUT2D eigenvalue weighted by Crippen LogP contribution is -2.25. The number of Topliss-reactive ketones (excluding diaryl/α,β-unsaturated/α-hetero) is 1. The van der Waals surface area contributed by atoms with E-state index in [9.17, 15) is 18.0 Å². The van der Waals surface area contributed by atoms with Crippen molar-refractivity contribution in [3.8, 4) is 0 Å². The van der Waals surface area contributed by atoms with E-state index in [4.69, 9.17) is 0 Å². The van der Waals surface area contributed by atoms with Crippen molar-refractivity contribution in [1.29, 1.82) is 0 Å². The smallest absolute Gasteiger partial charge is 0.305 e. The van der Waals surface area contributed by atoms with Crippen LogP contribution in [0.15, 0.2) is 59.5 Å². The van der Waals surface area contributed by atoms with Gasteiger partial charge in [0.15, 0.2) is 5.78 Å². The van der Waals surface area contributed by atoms with E-state index in [1.807, 2.05) is 0 Å². The predicted octanol–water partition coefficient (Wildman–Crippen LogP) is 2.34. The topological polar surface area (TPSA) is 89.5 Å². The lowest BCUT2D eigenvalue weighted by atomic mass is 10.0. The number of nitrogens with one attached hydrogen (secondary N) is 1. The van der Waals surface area contributed by atoms with E-state index in [1.165, 1.54) is 19.2 Å². The SMILES string of the molecule is COC(=O)CCC(=O)c1ccc(CCNS(=O)(=O)c2ccccc2)cc1. The number of hydrogen-bond donors (Lipinski definition) is 1. The molecular formula is C19H21NO5S. The molecule has 0 unspecified atom stereocenters. The van der Waals surface area contributed by atoms with Crippen LogP contribution in [0.2, 0.25) is 0 Å². The van der Waals surface area contributed by atoms with Crippen molar-refractivity contribution < 1.29 is 22.7 Å². The van der Waals surface area contributed by atoms with Gasteiger partial charge in [0.05, 0.1) is 18.4 Å². The quantitative estimate of drug-likeness (QED) is 0.537. The third-order valence-corrected chi connectivity index (χ3v) is 5.30. The van der Waals surface area contributed by atoms with Gasteiger partial charge in [-0.2, -0.15) is 0 Å². The highest BCUT2D eigenvalue weighted by molar-refractivity contribution is 7.89. The molecule has 0 aliphatic rings. The Bertz CT molecular complexity index is 845. The molecule has 0 aliphatic carbocycles. The van der Waals surface area contributed by atoms with Gasteiger partial charge < -0.3 is 4.74 Å². The third-order valence-electron chi connectivity index (χ3n) is 3.82. The molecule has 138 valence electrons. The summed E-state index contributed by atoms with van der Waals surface area (Å²) in [4.78, 5) is 23.3. The van der Waals surface area contributed by atoms with Crippen LogP contribution in [0.3, 0.4) is 0 Å². The summed E-state index contributed by atoms with van der Waals surface area (Å²) in [7, 11) is -2.23. The first kappa shape index (κ1) is 19.8. The molecule has 0 spiro atoms. The van der Waals surface area contributed by atoms with E-state index in [-0.39, 0.29) is 30.1 Å². The summed E-state index contributed by atoms with van der Waals surface area (Å²) >= 11 is 0. The van der Waals surface area contributed by atoms with Crippen molar-refractivity contribution in [2.45, 2.75) is 24.2 Å². The highest BCUT2D eigenvalue weighted by Gasteiger charge is 2.13. The summed E-state index contributed by atoms with van der Waals surface area (Å²) in [6.45, 7) is 0.257. The number of ketones is 1. The maximum atomic E-state index is 12.1. The molecule has 0 saturated carbocycles. The van der Waals surface area contributed by atoms with Crippen LogP contribution in [-0.4, -0.2) is 33.8 Å². The lowest BCUT2D eigenvalue weighted by molar-refractivity contribution is -0.140. The van der Waals surface area contributed by atoms with Crippen LogP contribution in [-0.2, 0) is 26.0 Å². The zero-order chi connectivity index (χ0) is 19.0. The molecule has 6 nitrogen and oxygen atoms in total. The standard InChI is InChI=1S/C19H21NO5S/c1-25-19(22)12-11-18(21)16-9-7-15(8-10-16)13-14-20-26(23,24)17-5-3-2-4-6-17/h2-10,20H,11-14H2,1H3. The molecule has 0 radical (unpaired) electrons. The number of ether oxygens (including phenoxy) is 1. The summed E-state index contributed by atoms with van der Waals surface area (Å²) in [6, 6.07) is 15.1. The summed E-state index contributed by atoms with van der Waals surface area (Å²) < 4.78 is 31.3. The van der Waals surface area contributed by atoms with Crippen LogP contribution in [0.1, 0.15) is 28.8 Å². The third kappa shape index (κ3) is 5.79. The molecule has 0 aliphatic heterocycles. The fourth-order valence-corrected chi connectivity index (χ4v) is 3.38. The van der Waals surface area contributed by atoms with E-state index in [2.05, 4.69) is 9.46 Å². The molecule has 0 atom stereocenters. The van der Waals surface area contributed by atoms with E-state index in [0.29, 0.717) is 12.0 Å². The van der Waals surface area contributed by atoms with E-state index in [1.54, 1.807) is 42.5 Å². The minimum Gasteiger partial charge on any atom is -0.469 e. The highest BCUT2D eigenvalue weighted by Crippen LogP contribution is 2.10. The Balaban J connectivity index is 1.86. The Hall–Kier alpha value is -2.51. The van der Waals surface area contributed by atoms with Gasteiger partial charge in [0.2, 0.25) is 10.0 Å². The number of carbonyl (C=O) groups is 2. The van der Waals surface area contributed by atoms with Gasteiger partial charge in [0.25, 0.3) is 0 Å². The van der Waals surface area contributed by atoms with Gasteiger partial charge >= 0.3 is 5.97 Å². The average molecular weight is 375 g/mol. The second-order valence-corrected chi connectivity index (χ2v) is 7.42. The molecule has 26 heavy (non-hydrogen) atoms. The van der Waals surface area contributed by atoms with Crippen LogP contribution >= 0.6 is 0 Å². The fraction of sp³-hybridized carbons (Fsp3) is 0.263. The molecule has 0 fully saturated rings. The number of hydrogen-bond acceptors (Lipinski definition) is 5. The van der Waals surface area contributed by atoms with Crippen LogP contribution in [0.5, 0.6) is 0 Å². The molecule has 0 amide bonds. The first-order valence-electron chi connectivity index (χ1n) is 8.16. The number of methoxy groups -OCH3 is 1. The molecule has 2 aromatic carbocycles. The van der Waals surface area contributed by atoms with Crippen LogP contribution in [0.4, 0.5) is 0 Å². The number of carbonyl (C=O) groups excluding carboxylic acids is 2. The van der Waals surface area contributed by atoms with E-state index < -0.39 is 16.0 Å². The van der Waals surface area contributed by atoms with Crippen LogP contribution in [0.25, 0.3) is 0 Å². The average Bonchev–Trinajstić information content (AvgIpc) is 2.67. The normalized spacial score (nSPS) is 11.1. The number of sulfonamides is 1. The molecule has 0 saturated heterocycles. The second kappa shape index (κ2) is 9.26. The van der Waals surface area contributed by atoms with Crippen molar-refractivity contribution in [3.05, 3.63) is 65.7 Å². The summed E-state index contributed by atoms with van der Waals surface area (Å²) in [5, 5.41) is 0. The predicted molar refractivity (Wildman–Crippen MR) is 97.4 cm³/mol. The summed E-state index contributed by atoms with van der Waals surface area (Å²) in [6.07, 6.45) is 0.657. The molecule has 0 bridgehead atoms. The lowest BCUT2D eigenvalue weighted by Gasteiger charge is -2.07. The molecule has 0 aromatic heterocycles. The first-order valence-corrected chi connectivity index (χ1v) is 9.64. The number of esters is 1. The Morgan fingerprint density at radius 1 is 0.962 bits per heavy atom. The van der Waals surface area contributed by atoms with Gasteiger partial charge in [-0.3, -0.25) is 9.59 Å². The molecule has 0 heterocycles. The monoisotopic (exact) mass is 375 g/mol. The first-order chi connectivity index (χ1) is 12.4. The maximum absolute atomic E-state index is 12.1. The Morgan fingerprint density at radius 3 is 2.23 bits per heavy atom. The van der Waals surface area contributed by atoms with E-state index in [0.717, 1.165) is 5.56 Å². The minimum absolute atomic E-state index is 0.0539. The Labute approximate surface area is 153 Å². The van der Waals surface area contributed by atoms with Crippen molar-refractivity contribution in [2.75, 3.05) is 13.7 Å². The molecule has 1 N–H and O–H groups in total. The molecule has 2 rings (SSSR count). The van der Waals surface area contributed by atoms with Gasteiger partial charge in [-0.15, -0.1) is 0 Å². The van der Waals surface area contributed by atoms with Crippen molar-refractivity contribution in [3.63, 3.8) is 0 Å². The maximum Gasteiger partial charge on any atom is 0.305 e. The van der Waals surface area contributed by atoms with Gasteiger partial charge in [0.1, 0.15) is 0 Å². The Kier molecular flexibility index (Phi) is 7.06. The van der Waals surface area contributed by atoms with Gasteiger partial charge in [0, 0.05) is 18.5 Å². The summed E-state index contributed by atoms with van der Waals surface area (Å²) in [5.74, 6) is -0.549. The van der Waals surface area contributed by atoms with Gasteiger partial charge in [-0.05, 0) is 24.1 Å². The van der Waals surface area contributed by atoms with Crippen LogP contribution in [0, 0.1) is 0 Å². The van der Waals surface area contributed by atoms with Crippen molar-refractivity contribution in [2.24, 2.45) is 0 Å². The molecular weight excluding hydrogens is 354 g/mol. The number of benzene rings is 2. The number of rotatable bonds is 9. The minimum atomic E-state index is -3.52. The highest BCUT2D eigenvalue weighted by atomic mass is 32.2. The Morgan fingerprint density at radius 2 is 1.62 bits per heavy atom. The van der Waals surface area contributed by atoms with E-state index >= 15 is 0 Å². The fourth-order valence-electron chi connectivity index (χ4n) is 2.33. The van der Waals surface area contributed by atoms with Crippen molar-refractivity contribution >= 4 is 21.8 Å². The second-order valence-electron chi connectivity index (χ2n) is 5.66. The van der Waals surface area contributed by atoms with Gasteiger partial charge in [-0.1, -0.05) is 42.5 Å².